The lowest BCUT2D eigenvalue weighted by Crippen LogP contribution is -2.51. The molecule has 1 amide bonds. The van der Waals surface area contributed by atoms with Gasteiger partial charge in [0.15, 0.2) is 0 Å². The van der Waals surface area contributed by atoms with Crippen molar-refractivity contribution in [3.05, 3.63) is 54.1 Å². The Morgan fingerprint density at radius 1 is 1.06 bits per heavy atom. The molecule has 2 N–H and O–H groups in total. The minimum atomic E-state index is -3.71. The first-order valence-corrected chi connectivity index (χ1v) is 11.7. The highest BCUT2D eigenvalue weighted by atomic mass is 32.2. The molecule has 0 aliphatic carbocycles. The van der Waals surface area contributed by atoms with Gasteiger partial charge in [0, 0.05) is 37.9 Å². The summed E-state index contributed by atoms with van der Waals surface area (Å²) < 4.78 is 28.0. The Hall–Kier alpha value is -2.62. The zero-order chi connectivity index (χ0) is 22.6. The van der Waals surface area contributed by atoms with Crippen molar-refractivity contribution in [2.75, 3.05) is 51.8 Å². The molecule has 8 nitrogen and oxygen atoms in total. The number of benzene rings is 2. The Kier molecular flexibility index (Phi) is 7.19. The number of rotatable bonds is 7. The van der Waals surface area contributed by atoms with E-state index in [1.165, 1.54) is 12.1 Å². The summed E-state index contributed by atoms with van der Waals surface area (Å²) in [5.74, 6) is 0.916. The molecule has 2 aromatic rings. The van der Waals surface area contributed by atoms with Gasteiger partial charge in [-0.3, -0.25) is 9.69 Å². The van der Waals surface area contributed by atoms with Crippen molar-refractivity contribution >= 4 is 21.6 Å². The summed E-state index contributed by atoms with van der Waals surface area (Å²) in [6.45, 7) is 5.20. The predicted octanol–water partition coefficient (Wildman–Crippen LogP) is 1.68. The number of likely N-dealkylation sites (N-methyl/N-ethyl adjacent to an activating group) is 1. The maximum atomic E-state index is 12.8. The zero-order valence-electron chi connectivity index (χ0n) is 18.2. The number of piperazine rings is 1. The molecule has 0 saturated carbocycles. The lowest BCUT2D eigenvalue weighted by Gasteiger charge is -2.37. The third-order valence-corrected chi connectivity index (χ3v) is 6.74. The summed E-state index contributed by atoms with van der Waals surface area (Å²) >= 11 is 0. The fourth-order valence-electron chi connectivity index (χ4n) is 3.65. The molecule has 9 heteroatoms. The van der Waals surface area contributed by atoms with Gasteiger partial charge in [-0.05, 0) is 55.9 Å². The van der Waals surface area contributed by atoms with Gasteiger partial charge in [-0.15, -0.1) is 0 Å². The third kappa shape index (κ3) is 5.75. The fourth-order valence-corrected chi connectivity index (χ4v) is 4.16. The van der Waals surface area contributed by atoms with Crippen LogP contribution in [0.15, 0.2) is 53.4 Å². The molecule has 31 heavy (non-hydrogen) atoms. The third-order valence-electron chi connectivity index (χ3n) is 5.81. The number of amides is 1. The smallest absolute Gasteiger partial charge is 0.238 e. The average molecular weight is 447 g/mol. The van der Waals surface area contributed by atoms with E-state index in [9.17, 15) is 13.2 Å². The largest absolute Gasteiger partial charge is 0.497 e. The monoisotopic (exact) mass is 446 g/mol. The molecule has 1 fully saturated rings. The number of carbonyl (C=O) groups is 1. The molecular weight excluding hydrogens is 416 g/mol. The normalized spacial score (nSPS) is 15.8. The van der Waals surface area contributed by atoms with Crippen molar-refractivity contribution in [2.45, 2.75) is 17.9 Å². The molecule has 0 radical (unpaired) electrons. The molecular formula is C22H30N4O4S. The standard InChI is InChI=1S/C22H30N4O4S/c1-17(18-4-10-21(11-5-18)31(23,28)29)24(2)16-22(27)26-14-12-25(13-15-26)19-6-8-20(30-3)9-7-19/h4-11,17H,12-16H2,1-3H3,(H2,23,28,29)/t17-/m1/s1. The Labute approximate surface area is 184 Å². The van der Waals surface area contributed by atoms with Crippen LogP contribution in [0.2, 0.25) is 0 Å². The molecule has 0 spiro atoms. The highest BCUT2D eigenvalue weighted by Crippen LogP contribution is 2.22. The molecule has 2 aromatic carbocycles. The number of methoxy groups -OCH3 is 1. The summed E-state index contributed by atoms with van der Waals surface area (Å²) in [4.78, 5) is 19.0. The van der Waals surface area contributed by atoms with Gasteiger partial charge in [-0.25, -0.2) is 13.6 Å². The van der Waals surface area contributed by atoms with Gasteiger partial charge in [0.05, 0.1) is 18.6 Å². The number of nitrogens with two attached hydrogens (primary N) is 1. The molecule has 0 aromatic heterocycles. The molecule has 1 saturated heterocycles. The molecule has 1 aliphatic rings. The quantitative estimate of drug-likeness (QED) is 0.695. The maximum absolute atomic E-state index is 12.8. The van der Waals surface area contributed by atoms with Crippen molar-refractivity contribution in [1.29, 1.82) is 0 Å². The predicted molar refractivity (Wildman–Crippen MR) is 121 cm³/mol. The summed E-state index contributed by atoms with van der Waals surface area (Å²) in [6.07, 6.45) is 0. The van der Waals surface area contributed by atoms with Crippen molar-refractivity contribution in [3.8, 4) is 5.75 Å². The van der Waals surface area contributed by atoms with E-state index in [1.54, 1.807) is 19.2 Å². The topological polar surface area (TPSA) is 96.2 Å². The lowest BCUT2D eigenvalue weighted by atomic mass is 10.1. The summed E-state index contributed by atoms with van der Waals surface area (Å²) in [5.41, 5.74) is 2.05. The van der Waals surface area contributed by atoms with E-state index < -0.39 is 10.0 Å². The van der Waals surface area contributed by atoms with Gasteiger partial charge >= 0.3 is 0 Å². The number of nitrogens with zero attached hydrogens (tertiary/aromatic N) is 3. The van der Waals surface area contributed by atoms with Crippen LogP contribution in [0.5, 0.6) is 5.75 Å². The number of hydrogen-bond donors (Lipinski definition) is 1. The summed E-state index contributed by atoms with van der Waals surface area (Å²) in [6, 6.07) is 14.4. The molecule has 0 bridgehead atoms. The Morgan fingerprint density at radius 3 is 2.16 bits per heavy atom. The van der Waals surface area contributed by atoms with Crippen LogP contribution in [0.25, 0.3) is 0 Å². The summed E-state index contributed by atoms with van der Waals surface area (Å²) in [5, 5.41) is 5.15. The van der Waals surface area contributed by atoms with Gasteiger partial charge in [-0.2, -0.15) is 0 Å². The van der Waals surface area contributed by atoms with Crippen LogP contribution < -0.4 is 14.8 Å². The number of ether oxygens (including phenoxy) is 1. The van der Waals surface area contributed by atoms with Gasteiger partial charge in [0.2, 0.25) is 15.9 Å². The summed E-state index contributed by atoms with van der Waals surface area (Å²) in [7, 11) is -0.170. The van der Waals surface area contributed by atoms with Crippen LogP contribution in [0.3, 0.4) is 0 Å². The number of anilines is 1. The van der Waals surface area contributed by atoms with Gasteiger partial charge in [0.1, 0.15) is 5.75 Å². The van der Waals surface area contributed by atoms with Crippen LogP contribution >= 0.6 is 0 Å². The highest BCUT2D eigenvalue weighted by molar-refractivity contribution is 7.89. The van der Waals surface area contributed by atoms with Gasteiger partial charge in [0.25, 0.3) is 0 Å². The Bertz CT molecular complexity index is 985. The maximum Gasteiger partial charge on any atom is 0.238 e. The minimum Gasteiger partial charge on any atom is -0.497 e. The highest BCUT2D eigenvalue weighted by Gasteiger charge is 2.24. The first-order valence-electron chi connectivity index (χ1n) is 10.2. The first-order chi connectivity index (χ1) is 14.7. The molecule has 1 heterocycles. The molecule has 168 valence electrons. The number of sulfonamides is 1. The number of primary sulfonamides is 1. The van der Waals surface area contributed by atoms with E-state index >= 15 is 0 Å². The van der Waals surface area contributed by atoms with Crippen molar-refractivity contribution in [3.63, 3.8) is 0 Å². The van der Waals surface area contributed by atoms with Crippen LogP contribution in [-0.2, 0) is 14.8 Å². The number of hydrogen-bond acceptors (Lipinski definition) is 6. The van der Waals surface area contributed by atoms with E-state index in [1.807, 2.05) is 48.0 Å². The van der Waals surface area contributed by atoms with E-state index in [4.69, 9.17) is 9.88 Å². The van der Waals surface area contributed by atoms with Crippen LogP contribution in [0.4, 0.5) is 5.69 Å². The molecule has 0 unspecified atom stereocenters. The Balaban J connectivity index is 1.52. The van der Waals surface area contributed by atoms with Crippen molar-refractivity contribution in [2.24, 2.45) is 5.14 Å². The second-order valence-electron chi connectivity index (χ2n) is 7.77. The lowest BCUT2D eigenvalue weighted by molar-refractivity contribution is -0.132. The van der Waals surface area contributed by atoms with Gasteiger partial charge < -0.3 is 14.5 Å². The van der Waals surface area contributed by atoms with Gasteiger partial charge in [-0.1, -0.05) is 12.1 Å². The second-order valence-corrected chi connectivity index (χ2v) is 9.33. The van der Waals surface area contributed by atoms with E-state index in [0.29, 0.717) is 19.6 Å². The van der Waals surface area contributed by atoms with Crippen LogP contribution in [0.1, 0.15) is 18.5 Å². The molecule has 1 aliphatic heterocycles. The van der Waals surface area contributed by atoms with Crippen LogP contribution in [0, 0.1) is 0 Å². The van der Waals surface area contributed by atoms with E-state index in [-0.39, 0.29) is 16.8 Å². The van der Waals surface area contributed by atoms with Crippen molar-refractivity contribution in [1.82, 2.24) is 9.80 Å². The average Bonchev–Trinajstić information content (AvgIpc) is 2.78. The van der Waals surface area contributed by atoms with E-state index in [2.05, 4.69) is 4.90 Å². The molecule has 3 rings (SSSR count). The number of carbonyl (C=O) groups excluding carboxylic acids is 1. The Morgan fingerprint density at radius 2 is 1.65 bits per heavy atom. The minimum absolute atomic E-state index is 0.0425. The fraction of sp³-hybridized carbons (Fsp3) is 0.409. The van der Waals surface area contributed by atoms with Crippen molar-refractivity contribution < 1.29 is 17.9 Å². The molecule has 1 atom stereocenters. The first kappa shape index (κ1) is 23.1. The second kappa shape index (κ2) is 9.67. The zero-order valence-corrected chi connectivity index (χ0v) is 19.0. The van der Waals surface area contributed by atoms with Crippen LogP contribution in [-0.4, -0.2) is 71.0 Å². The van der Waals surface area contributed by atoms with E-state index in [0.717, 1.165) is 30.1 Å². The SMILES string of the molecule is COc1ccc(N2CCN(C(=O)CN(C)[C@H](C)c3ccc(S(N)(=O)=O)cc3)CC2)cc1.